The van der Waals surface area contributed by atoms with E-state index >= 15 is 0 Å². The minimum atomic E-state index is -0.403. The van der Waals surface area contributed by atoms with Crippen LogP contribution in [0.3, 0.4) is 0 Å². The summed E-state index contributed by atoms with van der Waals surface area (Å²) in [6.45, 7) is 1.89. The minimum Gasteiger partial charge on any atom is -0.465 e. The first-order valence-corrected chi connectivity index (χ1v) is 10.5. The number of rotatable bonds is 6. The number of esters is 1. The molecule has 2 aromatic heterocycles. The van der Waals surface area contributed by atoms with Gasteiger partial charge in [-0.25, -0.2) is 4.79 Å². The Morgan fingerprint density at radius 1 is 1.20 bits per heavy atom. The number of aromatic nitrogens is 4. The third kappa shape index (κ3) is 4.71. The molecule has 3 aromatic rings. The second-order valence-electron chi connectivity index (χ2n) is 7.04. The summed E-state index contributed by atoms with van der Waals surface area (Å²) >= 11 is 1.59. The van der Waals surface area contributed by atoms with Gasteiger partial charge in [0.25, 0.3) is 0 Å². The predicted octanol–water partition coefficient (Wildman–Crippen LogP) is 2.46. The van der Waals surface area contributed by atoms with Crippen molar-refractivity contribution in [1.29, 1.82) is 0 Å². The number of hydrogen-bond acceptors (Lipinski definition) is 8. The Labute approximate surface area is 177 Å². The van der Waals surface area contributed by atoms with Crippen molar-refractivity contribution < 1.29 is 14.3 Å². The van der Waals surface area contributed by atoms with Gasteiger partial charge in [-0.15, -0.1) is 21.5 Å². The van der Waals surface area contributed by atoms with E-state index in [-0.39, 0.29) is 11.9 Å². The van der Waals surface area contributed by atoms with Crippen molar-refractivity contribution in [2.45, 2.75) is 18.9 Å². The van der Waals surface area contributed by atoms with Crippen LogP contribution in [0, 0.1) is 0 Å². The highest BCUT2D eigenvalue weighted by molar-refractivity contribution is 7.13. The van der Waals surface area contributed by atoms with Crippen LogP contribution in [0.25, 0.3) is 10.7 Å². The smallest absolute Gasteiger partial charge is 0.337 e. The van der Waals surface area contributed by atoms with Gasteiger partial charge in [0.1, 0.15) is 0 Å². The summed E-state index contributed by atoms with van der Waals surface area (Å²) in [7, 11) is 1.34. The highest BCUT2D eigenvalue weighted by Gasteiger charge is 2.24. The Balaban J connectivity index is 1.25. The maximum Gasteiger partial charge on any atom is 0.337 e. The molecule has 156 valence electrons. The number of anilines is 1. The van der Waals surface area contributed by atoms with Gasteiger partial charge < -0.3 is 10.1 Å². The van der Waals surface area contributed by atoms with Gasteiger partial charge in [-0.05, 0) is 53.8 Å². The molecular formula is C20H22N6O3S. The quantitative estimate of drug-likeness (QED) is 0.604. The third-order valence-corrected chi connectivity index (χ3v) is 5.88. The number of hydrogen-bond donors (Lipinski definition) is 1. The fraction of sp³-hybridized carbons (Fsp3) is 0.350. The van der Waals surface area contributed by atoms with E-state index in [4.69, 9.17) is 0 Å². The van der Waals surface area contributed by atoms with Crippen LogP contribution in [0.5, 0.6) is 0 Å². The molecule has 10 heteroatoms. The summed E-state index contributed by atoms with van der Waals surface area (Å²) in [5, 5.41) is 17.7. The summed E-state index contributed by atoms with van der Waals surface area (Å²) < 4.78 is 4.67. The average molecular weight is 427 g/mol. The molecule has 30 heavy (non-hydrogen) atoms. The molecule has 1 aliphatic heterocycles. The normalized spacial score (nSPS) is 15.1. The molecule has 0 atom stereocenters. The largest absolute Gasteiger partial charge is 0.465 e. The molecule has 1 saturated heterocycles. The van der Waals surface area contributed by atoms with Gasteiger partial charge >= 0.3 is 5.97 Å². The highest BCUT2D eigenvalue weighted by Crippen LogP contribution is 2.24. The Bertz CT molecular complexity index is 994. The van der Waals surface area contributed by atoms with Crippen LogP contribution in [0.15, 0.2) is 41.8 Å². The topological polar surface area (TPSA) is 102 Å². The van der Waals surface area contributed by atoms with Crippen LogP contribution in [0.2, 0.25) is 0 Å². The molecular weight excluding hydrogens is 404 g/mol. The minimum absolute atomic E-state index is 0.0851. The zero-order valence-corrected chi connectivity index (χ0v) is 17.3. The second-order valence-corrected chi connectivity index (χ2v) is 7.98. The van der Waals surface area contributed by atoms with E-state index in [9.17, 15) is 9.59 Å². The van der Waals surface area contributed by atoms with Crippen LogP contribution in [-0.4, -0.2) is 63.7 Å². The lowest BCUT2D eigenvalue weighted by atomic mass is 10.1. The van der Waals surface area contributed by atoms with E-state index in [0.717, 1.165) is 30.8 Å². The van der Waals surface area contributed by atoms with Crippen molar-refractivity contribution >= 4 is 28.9 Å². The molecule has 1 aromatic carbocycles. The standard InChI is InChI=1S/C20H22N6O3S/c1-29-20(28)14-4-6-15(7-5-14)21-18(27)13-25-10-8-16(9-11-25)26-23-19(22-24-26)17-3-2-12-30-17/h2-7,12,16H,8-11,13H2,1H3,(H,21,27). The molecule has 1 fully saturated rings. The lowest BCUT2D eigenvalue weighted by Crippen LogP contribution is -2.40. The van der Waals surface area contributed by atoms with Crippen LogP contribution in [0.4, 0.5) is 5.69 Å². The van der Waals surface area contributed by atoms with Gasteiger partial charge in [0.15, 0.2) is 0 Å². The van der Waals surface area contributed by atoms with Crippen LogP contribution < -0.4 is 5.32 Å². The Morgan fingerprint density at radius 3 is 2.63 bits per heavy atom. The number of nitrogens with zero attached hydrogens (tertiary/aromatic N) is 5. The zero-order valence-electron chi connectivity index (χ0n) is 16.5. The first kappa shape index (κ1) is 20.2. The predicted molar refractivity (Wildman–Crippen MR) is 112 cm³/mol. The maximum absolute atomic E-state index is 12.4. The second kappa shape index (κ2) is 9.14. The van der Waals surface area contributed by atoms with E-state index in [1.165, 1.54) is 7.11 Å². The number of carbonyl (C=O) groups is 2. The number of benzene rings is 1. The Morgan fingerprint density at radius 2 is 1.97 bits per heavy atom. The van der Waals surface area contributed by atoms with Crippen molar-refractivity contribution in [3.05, 3.63) is 47.3 Å². The summed E-state index contributed by atoms with van der Waals surface area (Å²) in [6, 6.07) is 10.8. The molecule has 0 spiro atoms. The first-order valence-electron chi connectivity index (χ1n) is 9.66. The van der Waals surface area contributed by atoms with E-state index in [0.29, 0.717) is 23.6 Å². The van der Waals surface area contributed by atoms with Gasteiger partial charge in [0.05, 0.1) is 30.1 Å². The number of piperidine rings is 1. The van der Waals surface area contributed by atoms with E-state index in [1.807, 2.05) is 17.5 Å². The van der Waals surface area contributed by atoms with E-state index in [2.05, 4.69) is 30.4 Å². The van der Waals surface area contributed by atoms with Gasteiger partial charge in [-0.3, -0.25) is 9.69 Å². The number of tetrazole rings is 1. The number of carbonyl (C=O) groups excluding carboxylic acids is 2. The van der Waals surface area contributed by atoms with Crippen molar-refractivity contribution in [2.24, 2.45) is 0 Å². The van der Waals surface area contributed by atoms with Crippen LogP contribution in [-0.2, 0) is 9.53 Å². The lowest BCUT2D eigenvalue weighted by Gasteiger charge is -2.30. The maximum atomic E-state index is 12.4. The van der Waals surface area contributed by atoms with Crippen molar-refractivity contribution in [2.75, 3.05) is 32.1 Å². The molecule has 0 saturated carbocycles. The fourth-order valence-electron chi connectivity index (χ4n) is 3.40. The van der Waals surface area contributed by atoms with E-state index in [1.54, 1.807) is 40.4 Å². The Hall–Kier alpha value is -3.11. The molecule has 0 radical (unpaired) electrons. The molecule has 0 unspecified atom stereocenters. The van der Waals surface area contributed by atoms with Gasteiger partial charge in [0.2, 0.25) is 11.7 Å². The van der Waals surface area contributed by atoms with Crippen LogP contribution >= 0.6 is 11.3 Å². The molecule has 0 bridgehead atoms. The zero-order chi connectivity index (χ0) is 20.9. The van der Waals surface area contributed by atoms with Crippen LogP contribution in [0.1, 0.15) is 29.2 Å². The number of amides is 1. The number of likely N-dealkylation sites (tertiary alicyclic amines) is 1. The molecule has 4 rings (SSSR count). The van der Waals surface area contributed by atoms with E-state index < -0.39 is 5.97 Å². The van der Waals surface area contributed by atoms with Gasteiger partial charge in [-0.1, -0.05) is 6.07 Å². The molecule has 3 heterocycles. The number of thiophene rings is 1. The van der Waals surface area contributed by atoms with Gasteiger partial charge in [-0.2, -0.15) is 4.80 Å². The Kier molecular flexibility index (Phi) is 6.15. The lowest BCUT2D eigenvalue weighted by molar-refractivity contribution is -0.117. The third-order valence-electron chi connectivity index (χ3n) is 5.01. The summed E-state index contributed by atoms with van der Waals surface area (Å²) in [6.07, 6.45) is 1.72. The highest BCUT2D eigenvalue weighted by atomic mass is 32.1. The fourth-order valence-corrected chi connectivity index (χ4v) is 4.05. The van der Waals surface area contributed by atoms with Crippen molar-refractivity contribution in [3.63, 3.8) is 0 Å². The molecule has 0 aliphatic carbocycles. The number of nitrogens with one attached hydrogen (secondary N) is 1. The summed E-state index contributed by atoms with van der Waals surface area (Å²) in [5.41, 5.74) is 1.09. The first-order chi connectivity index (χ1) is 14.6. The molecule has 1 N–H and O–H groups in total. The van der Waals surface area contributed by atoms with Crippen molar-refractivity contribution in [3.8, 4) is 10.7 Å². The molecule has 9 nitrogen and oxygen atoms in total. The average Bonchev–Trinajstić information content (AvgIpc) is 3.46. The van der Waals surface area contributed by atoms with Crippen molar-refractivity contribution in [1.82, 2.24) is 25.1 Å². The molecule has 1 amide bonds. The van der Waals surface area contributed by atoms with Gasteiger partial charge in [0, 0.05) is 18.8 Å². The monoisotopic (exact) mass is 426 g/mol. The summed E-state index contributed by atoms with van der Waals surface area (Å²) in [4.78, 5) is 28.7. The SMILES string of the molecule is COC(=O)c1ccc(NC(=O)CN2CCC(n3nnc(-c4cccs4)n3)CC2)cc1. The summed E-state index contributed by atoms with van der Waals surface area (Å²) in [5.74, 6) is 0.170. The number of ether oxygens (including phenoxy) is 1. The molecule has 1 aliphatic rings. The number of methoxy groups -OCH3 is 1.